The Balaban J connectivity index is 1.45. The third-order valence-electron chi connectivity index (χ3n) is 6.25. The van der Waals surface area contributed by atoms with Crippen molar-refractivity contribution < 1.29 is 18.3 Å². The van der Waals surface area contributed by atoms with Crippen LogP contribution in [0.4, 0.5) is 30.9 Å². The van der Waals surface area contributed by atoms with Gasteiger partial charge in [-0.25, -0.2) is 18.3 Å². The number of hydrogen-bond donors (Lipinski definition) is 1. The zero-order valence-corrected chi connectivity index (χ0v) is 20.9. The third-order valence-corrected chi connectivity index (χ3v) is 6.25. The number of piperazine rings is 1. The minimum atomic E-state index is -0.952. The zero-order valence-electron chi connectivity index (χ0n) is 20.9. The number of carbonyl (C=O) groups is 1. The van der Waals surface area contributed by atoms with Crippen LogP contribution in [0.5, 0.6) is 0 Å². The van der Waals surface area contributed by atoms with Crippen LogP contribution in [0.1, 0.15) is 38.6 Å². The largest absolute Gasteiger partial charge is 0.444 e. The monoisotopic (exact) mass is 497 g/mol. The first kappa shape index (κ1) is 24.0. The lowest BCUT2D eigenvalue weighted by Gasteiger charge is -2.35. The SMILES string of the molecule is Cc1cc(C)n(-c2nc(Nc3ccc(F)c(F)c3)cc(N3C[C@H]4C[C@@H]3CN4C(=O)OC(C)(C)C)n2)n1. The van der Waals surface area contributed by atoms with Crippen LogP contribution in [-0.2, 0) is 4.74 Å². The number of aryl methyl sites for hydroxylation is 2. The van der Waals surface area contributed by atoms with E-state index in [1.807, 2.05) is 40.7 Å². The molecule has 9 nitrogen and oxygen atoms in total. The highest BCUT2D eigenvalue weighted by molar-refractivity contribution is 5.70. The van der Waals surface area contributed by atoms with Gasteiger partial charge in [-0.15, -0.1) is 0 Å². The molecule has 2 saturated heterocycles. The molecule has 36 heavy (non-hydrogen) atoms. The van der Waals surface area contributed by atoms with E-state index in [1.165, 1.54) is 6.07 Å². The van der Waals surface area contributed by atoms with Crippen molar-refractivity contribution >= 4 is 23.4 Å². The highest BCUT2D eigenvalue weighted by Gasteiger charge is 2.47. The van der Waals surface area contributed by atoms with E-state index < -0.39 is 17.2 Å². The van der Waals surface area contributed by atoms with E-state index in [2.05, 4.69) is 20.3 Å². The van der Waals surface area contributed by atoms with Crippen molar-refractivity contribution in [2.45, 2.75) is 58.7 Å². The normalized spacial score (nSPS) is 19.2. The van der Waals surface area contributed by atoms with Crippen LogP contribution in [0.15, 0.2) is 30.3 Å². The van der Waals surface area contributed by atoms with Crippen molar-refractivity contribution in [1.82, 2.24) is 24.6 Å². The van der Waals surface area contributed by atoms with E-state index in [1.54, 1.807) is 15.6 Å². The van der Waals surface area contributed by atoms with E-state index in [9.17, 15) is 13.6 Å². The number of hydrogen-bond acceptors (Lipinski definition) is 7. The van der Waals surface area contributed by atoms with Gasteiger partial charge in [-0.3, -0.25) is 0 Å². The number of rotatable bonds is 4. The Hall–Kier alpha value is -3.76. The molecule has 0 spiro atoms. The maximum atomic E-state index is 13.8. The fraction of sp³-hybridized carbons (Fsp3) is 0.440. The molecule has 5 rings (SSSR count). The summed E-state index contributed by atoms with van der Waals surface area (Å²) in [6.45, 7) is 10.5. The van der Waals surface area contributed by atoms with Gasteiger partial charge in [0.2, 0.25) is 0 Å². The topological polar surface area (TPSA) is 88.4 Å². The summed E-state index contributed by atoms with van der Waals surface area (Å²) in [6.07, 6.45) is 0.506. The first-order valence-corrected chi connectivity index (χ1v) is 11.9. The van der Waals surface area contributed by atoms with Gasteiger partial charge in [-0.05, 0) is 59.2 Å². The van der Waals surface area contributed by atoms with Gasteiger partial charge in [0, 0.05) is 36.6 Å². The Morgan fingerprint density at radius 1 is 1.06 bits per heavy atom. The number of halogens is 2. The number of anilines is 3. The van der Waals surface area contributed by atoms with E-state index in [0.717, 1.165) is 29.9 Å². The lowest BCUT2D eigenvalue weighted by atomic mass is 10.2. The Morgan fingerprint density at radius 3 is 2.44 bits per heavy atom. The van der Waals surface area contributed by atoms with E-state index >= 15 is 0 Å². The molecule has 11 heteroatoms. The Kier molecular flexibility index (Phi) is 5.80. The van der Waals surface area contributed by atoms with Gasteiger partial charge < -0.3 is 19.9 Å². The zero-order chi connectivity index (χ0) is 25.8. The number of nitrogens with zero attached hydrogens (tertiary/aromatic N) is 6. The number of amides is 1. The Labute approximate surface area is 208 Å². The molecule has 0 unspecified atom stereocenters. The summed E-state index contributed by atoms with van der Waals surface area (Å²) in [7, 11) is 0. The fourth-order valence-corrected chi connectivity index (χ4v) is 4.77. The molecule has 1 N–H and O–H groups in total. The number of likely N-dealkylation sites (tertiary alicyclic amines) is 1. The molecule has 0 aliphatic carbocycles. The fourth-order valence-electron chi connectivity index (χ4n) is 4.77. The number of benzene rings is 1. The summed E-state index contributed by atoms with van der Waals surface area (Å²) in [5.74, 6) is -0.439. The van der Waals surface area contributed by atoms with E-state index in [-0.39, 0.29) is 18.2 Å². The first-order chi connectivity index (χ1) is 17.0. The Morgan fingerprint density at radius 2 is 1.83 bits per heavy atom. The molecule has 1 aromatic carbocycles. The van der Waals surface area contributed by atoms with Crippen molar-refractivity contribution in [2.24, 2.45) is 0 Å². The molecule has 0 radical (unpaired) electrons. The van der Waals surface area contributed by atoms with E-state index in [4.69, 9.17) is 9.72 Å². The number of aromatic nitrogens is 4. The number of carbonyl (C=O) groups excluding carboxylic acids is 1. The van der Waals surface area contributed by atoms with Gasteiger partial charge in [-0.2, -0.15) is 15.1 Å². The predicted molar refractivity (Wildman–Crippen MR) is 131 cm³/mol. The molecule has 1 amide bonds. The summed E-state index contributed by atoms with van der Waals surface area (Å²) in [6, 6.07) is 7.37. The summed E-state index contributed by atoms with van der Waals surface area (Å²) >= 11 is 0. The van der Waals surface area contributed by atoms with Gasteiger partial charge >= 0.3 is 6.09 Å². The van der Waals surface area contributed by atoms with Crippen molar-refractivity contribution in [3.8, 4) is 5.95 Å². The maximum Gasteiger partial charge on any atom is 0.410 e. The number of fused-ring (bicyclic) bond motifs is 2. The molecular weight excluding hydrogens is 468 g/mol. The van der Waals surface area contributed by atoms with Crippen molar-refractivity contribution in [3.05, 3.63) is 53.4 Å². The Bertz CT molecular complexity index is 1320. The van der Waals surface area contributed by atoms with Crippen molar-refractivity contribution in [1.29, 1.82) is 0 Å². The quantitative estimate of drug-likeness (QED) is 0.568. The average Bonchev–Trinajstić information content (AvgIpc) is 3.49. The molecule has 190 valence electrons. The highest BCUT2D eigenvalue weighted by Crippen LogP contribution is 2.36. The third kappa shape index (κ3) is 4.69. The molecule has 2 bridgehead atoms. The minimum absolute atomic E-state index is 0.0135. The molecule has 2 atom stereocenters. The molecule has 0 saturated carbocycles. The molecule has 4 heterocycles. The second kappa shape index (κ2) is 8.72. The molecule has 2 aliphatic rings. The minimum Gasteiger partial charge on any atom is -0.444 e. The summed E-state index contributed by atoms with van der Waals surface area (Å²) in [5.41, 5.74) is 1.49. The van der Waals surface area contributed by atoms with Crippen LogP contribution >= 0.6 is 0 Å². The maximum absolute atomic E-state index is 13.8. The molecule has 2 fully saturated rings. The molecule has 2 aromatic heterocycles. The van der Waals surface area contributed by atoms with Gasteiger partial charge in [0.05, 0.1) is 17.8 Å². The molecule has 2 aliphatic heterocycles. The summed E-state index contributed by atoms with van der Waals surface area (Å²) < 4.78 is 34.4. The van der Waals surface area contributed by atoms with E-state index in [0.29, 0.717) is 36.4 Å². The predicted octanol–water partition coefficient (Wildman–Crippen LogP) is 4.50. The second-order valence-corrected chi connectivity index (χ2v) is 10.3. The molecule has 3 aromatic rings. The van der Waals surface area contributed by atoms with Gasteiger partial charge in [0.15, 0.2) is 11.6 Å². The van der Waals surface area contributed by atoms with Crippen LogP contribution in [0.25, 0.3) is 5.95 Å². The number of nitrogens with one attached hydrogen (secondary N) is 1. The van der Waals surface area contributed by atoms with Gasteiger partial charge in [-0.1, -0.05) is 0 Å². The van der Waals surface area contributed by atoms with Crippen LogP contribution in [0.3, 0.4) is 0 Å². The van der Waals surface area contributed by atoms with Gasteiger partial charge in [0.1, 0.15) is 17.2 Å². The van der Waals surface area contributed by atoms with Crippen LogP contribution in [-0.4, -0.2) is 61.5 Å². The highest BCUT2D eigenvalue weighted by atomic mass is 19.2. The summed E-state index contributed by atoms with van der Waals surface area (Å²) in [5, 5.41) is 7.56. The molecular formula is C25H29F2N7O2. The lowest BCUT2D eigenvalue weighted by Crippen LogP contribution is -2.50. The van der Waals surface area contributed by atoms with Crippen molar-refractivity contribution in [3.63, 3.8) is 0 Å². The number of ether oxygens (including phenoxy) is 1. The van der Waals surface area contributed by atoms with Gasteiger partial charge in [0.25, 0.3) is 5.95 Å². The van der Waals surface area contributed by atoms with Crippen LogP contribution in [0.2, 0.25) is 0 Å². The van der Waals surface area contributed by atoms with Crippen LogP contribution in [0, 0.1) is 25.5 Å². The summed E-state index contributed by atoms with van der Waals surface area (Å²) in [4.78, 5) is 26.0. The van der Waals surface area contributed by atoms with Crippen LogP contribution < -0.4 is 10.2 Å². The smallest absolute Gasteiger partial charge is 0.410 e. The lowest BCUT2D eigenvalue weighted by molar-refractivity contribution is 0.0214. The average molecular weight is 498 g/mol. The first-order valence-electron chi connectivity index (χ1n) is 11.9. The second-order valence-electron chi connectivity index (χ2n) is 10.3. The standard InChI is InChI=1S/C25H29F2N7O2/c1-14-8-15(2)34(31-14)23-29-21(28-16-6-7-19(26)20(27)9-16)11-22(30-23)32-12-18-10-17(32)13-33(18)24(35)36-25(3,4)5/h6-9,11,17-18H,10,12-13H2,1-5H3,(H,28,29,30)/t17-,18-/m1/s1. The van der Waals surface area contributed by atoms with Crippen molar-refractivity contribution in [2.75, 3.05) is 23.3 Å².